The average Bonchev–Trinajstić information content (AvgIpc) is 2.73. The molecule has 30 heavy (non-hydrogen) atoms. The molecule has 0 spiro atoms. The smallest absolute Gasteiger partial charge is 0.417 e. The molecule has 0 aromatic heterocycles. The van der Waals surface area contributed by atoms with Crippen LogP contribution in [0.3, 0.4) is 0 Å². The molecule has 1 aliphatic carbocycles. The number of rotatable bonds is 6. The van der Waals surface area contributed by atoms with Gasteiger partial charge in [-0.15, -0.1) is 0 Å². The summed E-state index contributed by atoms with van der Waals surface area (Å²) in [4.78, 5) is 0. The van der Waals surface area contributed by atoms with E-state index in [4.69, 9.17) is 4.74 Å². The molecule has 1 aliphatic rings. The van der Waals surface area contributed by atoms with Crippen LogP contribution < -0.4 is 4.74 Å². The molecule has 0 saturated heterocycles. The molecule has 1 saturated carbocycles. The van der Waals surface area contributed by atoms with Gasteiger partial charge in [-0.2, -0.15) is 13.2 Å². The van der Waals surface area contributed by atoms with Crippen LogP contribution >= 0.6 is 0 Å². The number of benzene rings is 2. The third-order valence-corrected chi connectivity index (χ3v) is 6.16. The summed E-state index contributed by atoms with van der Waals surface area (Å²) in [6.45, 7) is 2.19. The molecule has 6 heteroatoms. The van der Waals surface area contributed by atoms with Gasteiger partial charge in [0.15, 0.2) is 0 Å². The summed E-state index contributed by atoms with van der Waals surface area (Å²) in [6.07, 6.45) is -1.28. The molecule has 164 valence electrons. The second-order valence-electron chi connectivity index (χ2n) is 8.03. The van der Waals surface area contributed by atoms with Gasteiger partial charge in [0.05, 0.1) is 18.2 Å². The van der Waals surface area contributed by atoms with Crippen molar-refractivity contribution in [3.63, 3.8) is 0 Å². The van der Waals surface area contributed by atoms with Gasteiger partial charge in [0.2, 0.25) is 0 Å². The van der Waals surface area contributed by atoms with Crippen LogP contribution in [0.4, 0.5) is 22.0 Å². The highest BCUT2D eigenvalue weighted by Gasteiger charge is 2.40. The highest BCUT2D eigenvalue weighted by Crippen LogP contribution is 2.46. The Bertz CT molecular complexity index is 834. The third-order valence-electron chi connectivity index (χ3n) is 6.16. The Labute approximate surface area is 174 Å². The molecule has 0 amide bonds. The molecule has 0 aliphatic heterocycles. The van der Waals surface area contributed by atoms with E-state index >= 15 is 0 Å². The Morgan fingerprint density at radius 1 is 0.967 bits per heavy atom. The fourth-order valence-electron chi connectivity index (χ4n) is 4.67. The lowest BCUT2D eigenvalue weighted by Crippen LogP contribution is -2.14. The zero-order chi connectivity index (χ0) is 21.9. The van der Waals surface area contributed by atoms with Crippen LogP contribution in [0.15, 0.2) is 36.4 Å². The van der Waals surface area contributed by atoms with Gasteiger partial charge in [0, 0.05) is 0 Å². The molecule has 0 radical (unpaired) electrons. The lowest BCUT2D eigenvalue weighted by Gasteiger charge is -2.28. The number of halogens is 5. The van der Waals surface area contributed by atoms with Crippen molar-refractivity contribution in [2.24, 2.45) is 5.92 Å². The van der Waals surface area contributed by atoms with Crippen LogP contribution in [0, 0.1) is 5.92 Å². The van der Waals surface area contributed by atoms with Crippen molar-refractivity contribution in [2.45, 2.75) is 64.0 Å². The quantitative estimate of drug-likeness (QED) is 0.422. The molecule has 1 nitrogen and oxygen atoms in total. The zero-order valence-corrected chi connectivity index (χ0v) is 17.2. The molecular formula is C24H27F5O. The van der Waals surface area contributed by atoms with E-state index in [1.54, 1.807) is 12.1 Å². The Hall–Kier alpha value is -2.11. The number of hydrogen-bond donors (Lipinski definition) is 0. The van der Waals surface area contributed by atoms with E-state index in [9.17, 15) is 22.0 Å². The highest BCUT2D eigenvalue weighted by molar-refractivity contribution is 5.72. The number of methoxy groups -OCH3 is 1. The van der Waals surface area contributed by atoms with Crippen LogP contribution in [-0.2, 0) is 6.18 Å². The maximum Gasteiger partial charge on any atom is 0.417 e. The molecular weight excluding hydrogens is 399 g/mol. The molecule has 0 unspecified atom stereocenters. The van der Waals surface area contributed by atoms with Gasteiger partial charge in [0.25, 0.3) is 6.43 Å². The molecule has 0 bridgehead atoms. The van der Waals surface area contributed by atoms with E-state index in [2.05, 4.69) is 6.92 Å². The predicted molar refractivity (Wildman–Crippen MR) is 108 cm³/mol. The van der Waals surface area contributed by atoms with E-state index in [0.717, 1.165) is 31.4 Å². The zero-order valence-electron chi connectivity index (χ0n) is 17.2. The van der Waals surface area contributed by atoms with Crippen molar-refractivity contribution >= 4 is 0 Å². The van der Waals surface area contributed by atoms with Crippen molar-refractivity contribution in [1.29, 1.82) is 0 Å². The van der Waals surface area contributed by atoms with Crippen molar-refractivity contribution in [3.8, 4) is 16.9 Å². The van der Waals surface area contributed by atoms with E-state index in [1.165, 1.54) is 37.8 Å². The summed E-state index contributed by atoms with van der Waals surface area (Å²) in [5, 5.41) is 0. The maximum absolute atomic E-state index is 13.8. The average molecular weight is 426 g/mol. The predicted octanol–water partition coefficient (Wildman–Crippen LogP) is 8.39. The Kier molecular flexibility index (Phi) is 7.04. The molecule has 2 aromatic rings. The first-order valence-electron chi connectivity index (χ1n) is 10.4. The molecule has 2 aromatic carbocycles. The van der Waals surface area contributed by atoms with E-state index in [1.807, 2.05) is 12.1 Å². The Morgan fingerprint density at radius 2 is 1.60 bits per heavy atom. The number of hydrogen-bond acceptors (Lipinski definition) is 1. The molecule has 0 heterocycles. The normalized spacial score (nSPS) is 19.9. The highest BCUT2D eigenvalue weighted by atomic mass is 19.4. The third kappa shape index (κ3) is 4.79. The minimum atomic E-state index is -4.92. The molecule has 1 fully saturated rings. The van der Waals surface area contributed by atoms with Crippen LogP contribution in [0.5, 0.6) is 5.75 Å². The molecule has 3 rings (SSSR count). The standard InChI is InChI=1S/C24H27F5O/c1-3-4-15-5-7-16(8-6-15)17-9-11-18(12-10-17)19-13-14-20(30-2)21(23(25)26)22(19)24(27,28)29/h9-16,23H,3-8H2,1-2H3. The molecule has 0 N–H and O–H groups in total. The second-order valence-corrected chi connectivity index (χ2v) is 8.03. The fraction of sp³-hybridized carbons (Fsp3) is 0.500. The van der Waals surface area contributed by atoms with Gasteiger partial charge < -0.3 is 4.74 Å². The van der Waals surface area contributed by atoms with Crippen molar-refractivity contribution in [3.05, 3.63) is 53.1 Å². The lowest BCUT2D eigenvalue weighted by atomic mass is 9.77. The van der Waals surface area contributed by atoms with Crippen LogP contribution in [0.25, 0.3) is 11.1 Å². The van der Waals surface area contributed by atoms with E-state index < -0.39 is 29.5 Å². The van der Waals surface area contributed by atoms with Crippen LogP contribution in [0.2, 0.25) is 0 Å². The van der Waals surface area contributed by atoms with Crippen LogP contribution in [0.1, 0.15) is 74.5 Å². The van der Waals surface area contributed by atoms with Gasteiger partial charge in [-0.1, -0.05) is 50.1 Å². The monoisotopic (exact) mass is 426 g/mol. The maximum atomic E-state index is 13.8. The Morgan fingerprint density at radius 3 is 2.10 bits per heavy atom. The summed E-state index contributed by atoms with van der Waals surface area (Å²) < 4.78 is 73.1. The largest absolute Gasteiger partial charge is 0.496 e. The first kappa shape index (κ1) is 22.6. The first-order chi connectivity index (χ1) is 14.3. The second kappa shape index (κ2) is 9.36. The summed E-state index contributed by atoms with van der Waals surface area (Å²) in [7, 11) is 1.09. The van der Waals surface area contributed by atoms with Crippen LogP contribution in [-0.4, -0.2) is 7.11 Å². The topological polar surface area (TPSA) is 9.23 Å². The van der Waals surface area contributed by atoms with Crippen molar-refractivity contribution in [2.75, 3.05) is 7.11 Å². The minimum absolute atomic E-state index is 0.253. The van der Waals surface area contributed by atoms with Gasteiger partial charge in [-0.25, -0.2) is 8.78 Å². The lowest BCUT2D eigenvalue weighted by molar-refractivity contribution is -0.139. The van der Waals surface area contributed by atoms with Crippen molar-refractivity contribution in [1.82, 2.24) is 0 Å². The first-order valence-corrected chi connectivity index (χ1v) is 10.4. The summed E-state index contributed by atoms with van der Waals surface area (Å²) in [5.74, 6) is 0.718. The fourth-order valence-corrected chi connectivity index (χ4v) is 4.67. The summed E-state index contributed by atoms with van der Waals surface area (Å²) in [6, 6.07) is 9.28. The Balaban J connectivity index is 1.92. The van der Waals surface area contributed by atoms with Gasteiger partial charge in [-0.3, -0.25) is 0 Å². The van der Waals surface area contributed by atoms with Crippen molar-refractivity contribution < 1.29 is 26.7 Å². The van der Waals surface area contributed by atoms with Gasteiger partial charge >= 0.3 is 6.18 Å². The minimum Gasteiger partial charge on any atom is -0.496 e. The van der Waals surface area contributed by atoms with E-state index in [-0.39, 0.29) is 11.1 Å². The van der Waals surface area contributed by atoms with Gasteiger partial charge in [-0.05, 0) is 60.3 Å². The summed E-state index contributed by atoms with van der Waals surface area (Å²) in [5.41, 5.74) is -1.32. The molecule has 0 atom stereocenters. The number of alkyl halides is 5. The van der Waals surface area contributed by atoms with Gasteiger partial charge in [0.1, 0.15) is 5.75 Å². The number of ether oxygens (including phenoxy) is 1. The SMILES string of the molecule is CCCC1CCC(c2ccc(-c3ccc(OC)c(C(F)F)c3C(F)(F)F)cc2)CC1. The van der Waals surface area contributed by atoms with E-state index in [0.29, 0.717) is 5.92 Å². The summed E-state index contributed by atoms with van der Waals surface area (Å²) >= 11 is 0.